The van der Waals surface area contributed by atoms with E-state index in [0.29, 0.717) is 16.9 Å². The van der Waals surface area contributed by atoms with Crippen molar-refractivity contribution in [2.75, 3.05) is 4.90 Å². The highest BCUT2D eigenvalue weighted by Crippen LogP contribution is 2.27. The third kappa shape index (κ3) is 3.10. The molecule has 0 aliphatic carbocycles. The van der Waals surface area contributed by atoms with E-state index in [1.165, 1.54) is 18.3 Å². The maximum absolute atomic E-state index is 12.7. The molecule has 2 unspecified atom stereocenters. The van der Waals surface area contributed by atoms with Crippen LogP contribution in [0.5, 0.6) is 0 Å². The van der Waals surface area contributed by atoms with E-state index in [1.54, 1.807) is 16.3 Å². The minimum Gasteiger partial charge on any atom is -0.339 e. The molecule has 1 aliphatic heterocycles. The van der Waals surface area contributed by atoms with Crippen LogP contribution in [0.25, 0.3) is 0 Å². The van der Waals surface area contributed by atoms with Gasteiger partial charge in [-0.3, -0.25) is 14.4 Å². The Kier molecular flexibility index (Phi) is 4.49. The molecule has 6 heteroatoms. The summed E-state index contributed by atoms with van der Waals surface area (Å²) in [6.45, 7) is 3.43. The fraction of sp³-hybridized carbons (Fsp3) is 0.278. The number of carbonyl (C=O) groups is 3. The first-order valence-corrected chi connectivity index (χ1v) is 8.64. The van der Waals surface area contributed by atoms with Crippen molar-refractivity contribution in [3.8, 4) is 0 Å². The number of benzene rings is 1. The van der Waals surface area contributed by atoms with Crippen molar-refractivity contribution in [1.82, 2.24) is 5.32 Å². The van der Waals surface area contributed by atoms with Gasteiger partial charge in [0.05, 0.1) is 4.88 Å². The van der Waals surface area contributed by atoms with Crippen LogP contribution in [0.3, 0.4) is 0 Å². The Balaban J connectivity index is 1.73. The largest absolute Gasteiger partial charge is 0.339 e. The van der Waals surface area contributed by atoms with E-state index in [1.807, 2.05) is 37.3 Å². The minimum absolute atomic E-state index is 0.0151. The van der Waals surface area contributed by atoms with Crippen molar-refractivity contribution < 1.29 is 14.4 Å². The first-order valence-electron chi connectivity index (χ1n) is 7.76. The second-order valence-electron chi connectivity index (χ2n) is 5.91. The average Bonchev–Trinajstić information content (AvgIpc) is 3.14. The highest BCUT2D eigenvalue weighted by molar-refractivity contribution is 7.12. The van der Waals surface area contributed by atoms with E-state index in [-0.39, 0.29) is 23.6 Å². The number of thiophene rings is 1. The Labute approximate surface area is 144 Å². The predicted molar refractivity (Wildman–Crippen MR) is 93.6 cm³/mol. The van der Waals surface area contributed by atoms with Gasteiger partial charge in [-0.2, -0.15) is 0 Å². The van der Waals surface area contributed by atoms with Crippen LogP contribution in [0.2, 0.25) is 0 Å². The molecule has 2 aromatic rings. The maximum Gasteiger partial charge on any atom is 0.262 e. The highest BCUT2D eigenvalue weighted by Gasteiger charge is 2.38. The molecule has 1 aliphatic rings. The van der Waals surface area contributed by atoms with Crippen LogP contribution in [0.15, 0.2) is 41.8 Å². The molecule has 0 spiro atoms. The van der Waals surface area contributed by atoms with Crippen LogP contribution < -0.4 is 10.2 Å². The number of anilines is 1. The number of nitrogens with one attached hydrogen (secondary N) is 1. The molecule has 0 bridgehead atoms. The van der Waals surface area contributed by atoms with E-state index < -0.39 is 6.04 Å². The number of ketones is 1. The standard InChI is InChI=1S/C18H18N2O3S/c1-11-8-15(18(23)20(11)14-6-4-3-5-7-14)19-17(22)16-9-13(10-24-16)12(2)21/h3-7,9-11,15H,8H2,1-2H3,(H,19,22). The van der Waals surface area contributed by atoms with Crippen LogP contribution in [-0.4, -0.2) is 29.7 Å². The Morgan fingerprint density at radius 1 is 1.25 bits per heavy atom. The van der Waals surface area contributed by atoms with E-state index >= 15 is 0 Å². The lowest BCUT2D eigenvalue weighted by molar-refractivity contribution is -0.118. The van der Waals surface area contributed by atoms with Gasteiger partial charge in [-0.15, -0.1) is 11.3 Å². The highest BCUT2D eigenvalue weighted by atomic mass is 32.1. The summed E-state index contributed by atoms with van der Waals surface area (Å²) in [4.78, 5) is 38.5. The predicted octanol–water partition coefficient (Wildman–Crippen LogP) is 2.87. The summed E-state index contributed by atoms with van der Waals surface area (Å²) < 4.78 is 0. The number of hydrogen-bond donors (Lipinski definition) is 1. The number of rotatable bonds is 4. The second kappa shape index (κ2) is 6.57. The molecule has 124 valence electrons. The SMILES string of the molecule is CC(=O)c1csc(C(=O)NC2CC(C)N(c3ccccc3)C2=O)c1. The van der Waals surface area contributed by atoms with E-state index in [0.717, 1.165) is 5.69 Å². The third-order valence-corrected chi connectivity index (χ3v) is 5.05. The Bertz CT molecular complexity index is 785. The zero-order valence-corrected chi connectivity index (χ0v) is 14.3. The van der Waals surface area contributed by atoms with Crippen molar-refractivity contribution >= 4 is 34.6 Å². The minimum atomic E-state index is -0.546. The lowest BCUT2D eigenvalue weighted by atomic mass is 10.2. The molecule has 2 amide bonds. The molecule has 3 rings (SSSR count). The lowest BCUT2D eigenvalue weighted by Crippen LogP contribution is -2.41. The molecule has 1 saturated heterocycles. The molecule has 1 fully saturated rings. The van der Waals surface area contributed by atoms with Crippen LogP contribution in [-0.2, 0) is 4.79 Å². The van der Waals surface area contributed by atoms with Gasteiger partial charge in [0.15, 0.2) is 5.78 Å². The van der Waals surface area contributed by atoms with Crippen molar-refractivity contribution in [1.29, 1.82) is 0 Å². The van der Waals surface area contributed by atoms with Crippen molar-refractivity contribution in [2.45, 2.75) is 32.4 Å². The number of amides is 2. The smallest absolute Gasteiger partial charge is 0.262 e. The van der Waals surface area contributed by atoms with Gasteiger partial charge in [-0.25, -0.2) is 0 Å². The van der Waals surface area contributed by atoms with E-state index in [4.69, 9.17) is 0 Å². The average molecular weight is 342 g/mol. The van der Waals surface area contributed by atoms with Gasteiger partial charge in [0, 0.05) is 22.7 Å². The van der Waals surface area contributed by atoms with Crippen LogP contribution in [0.1, 0.15) is 40.3 Å². The molecule has 2 heterocycles. The normalized spacial score (nSPS) is 20.2. The summed E-state index contributed by atoms with van der Waals surface area (Å²) in [6.07, 6.45) is 0.560. The molecular formula is C18H18N2O3S. The fourth-order valence-electron chi connectivity index (χ4n) is 2.89. The molecule has 0 saturated carbocycles. The van der Waals surface area contributed by atoms with Gasteiger partial charge in [-0.1, -0.05) is 18.2 Å². The third-order valence-electron chi connectivity index (χ3n) is 4.12. The summed E-state index contributed by atoms with van der Waals surface area (Å²) in [5, 5.41) is 4.46. The van der Waals surface area contributed by atoms with Crippen molar-refractivity contribution in [2.24, 2.45) is 0 Å². The Morgan fingerprint density at radius 3 is 2.58 bits per heavy atom. The van der Waals surface area contributed by atoms with Gasteiger partial charge in [0.2, 0.25) is 5.91 Å². The van der Waals surface area contributed by atoms with Gasteiger partial charge in [-0.05, 0) is 38.5 Å². The summed E-state index contributed by atoms with van der Waals surface area (Å²) in [7, 11) is 0. The molecule has 1 N–H and O–H groups in total. The fourth-order valence-corrected chi connectivity index (χ4v) is 3.74. The number of Topliss-reactive ketones (excluding diaryl/α,β-unsaturated/α-hetero) is 1. The first kappa shape index (κ1) is 16.4. The van der Waals surface area contributed by atoms with E-state index in [9.17, 15) is 14.4 Å². The lowest BCUT2D eigenvalue weighted by Gasteiger charge is -2.21. The Hall–Kier alpha value is -2.47. The van der Waals surface area contributed by atoms with Gasteiger partial charge < -0.3 is 10.2 Å². The quantitative estimate of drug-likeness (QED) is 0.869. The zero-order valence-electron chi connectivity index (χ0n) is 13.5. The van der Waals surface area contributed by atoms with Crippen LogP contribution in [0.4, 0.5) is 5.69 Å². The van der Waals surface area contributed by atoms with E-state index in [2.05, 4.69) is 5.32 Å². The number of carbonyl (C=O) groups excluding carboxylic acids is 3. The molecule has 5 nitrogen and oxygen atoms in total. The van der Waals surface area contributed by atoms with Gasteiger partial charge in [0.1, 0.15) is 6.04 Å². The molecule has 24 heavy (non-hydrogen) atoms. The van der Waals surface area contributed by atoms with Crippen molar-refractivity contribution in [3.05, 3.63) is 52.2 Å². The van der Waals surface area contributed by atoms with Crippen LogP contribution >= 0.6 is 11.3 Å². The zero-order chi connectivity index (χ0) is 17.3. The number of hydrogen-bond acceptors (Lipinski definition) is 4. The molecule has 0 radical (unpaired) electrons. The number of para-hydroxylation sites is 1. The molecular weight excluding hydrogens is 324 g/mol. The van der Waals surface area contributed by atoms with Gasteiger partial charge >= 0.3 is 0 Å². The molecule has 1 aromatic carbocycles. The van der Waals surface area contributed by atoms with Crippen molar-refractivity contribution in [3.63, 3.8) is 0 Å². The van der Waals surface area contributed by atoms with Crippen LogP contribution in [0, 0.1) is 0 Å². The van der Waals surface area contributed by atoms with Gasteiger partial charge in [0.25, 0.3) is 5.91 Å². The first-order chi connectivity index (χ1) is 11.5. The topological polar surface area (TPSA) is 66.5 Å². The molecule has 1 aromatic heterocycles. The molecule has 2 atom stereocenters. The summed E-state index contributed by atoms with van der Waals surface area (Å²) in [6, 6.07) is 10.5. The maximum atomic E-state index is 12.7. The number of nitrogens with zero attached hydrogens (tertiary/aromatic N) is 1. The summed E-state index contributed by atoms with van der Waals surface area (Å²) in [5.74, 6) is -0.496. The monoisotopic (exact) mass is 342 g/mol. The summed E-state index contributed by atoms with van der Waals surface area (Å²) in [5.41, 5.74) is 1.35. The Morgan fingerprint density at radius 2 is 1.96 bits per heavy atom. The second-order valence-corrected chi connectivity index (χ2v) is 6.82. The summed E-state index contributed by atoms with van der Waals surface area (Å²) >= 11 is 1.21.